The smallest absolute Gasteiger partial charge is 0.370 e. The molecule has 2 aromatic heterocycles. The van der Waals surface area contributed by atoms with E-state index in [0.29, 0.717) is 22.6 Å². The number of alkyl halides is 3. The largest absolute Gasteiger partial charge is 0.431 e. The number of nitrogens with zero attached hydrogens (tertiary/aromatic N) is 2. The molecule has 0 saturated carbocycles. The van der Waals surface area contributed by atoms with Crippen LogP contribution in [-0.4, -0.2) is 16.1 Å². The predicted molar refractivity (Wildman–Crippen MR) is 73.2 cm³/mol. The molecule has 21 heavy (non-hydrogen) atoms. The molecule has 0 aliphatic rings. The Kier molecular flexibility index (Phi) is 4.30. The molecule has 0 spiro atoms. The molecule has 0 aromatic carbocycles. The first-order chi connectivity index (χ1) is 9.91. The van der Waals surface area contributed by atoms with Gasteiger partial charge >= 0.3 is 6.18 Å². The zero-order valence-corrected chi connectivity index (χ0v) is 11.3. The Morgan fingerprint density at radius 1 is 1.19 bits per heavy atom. The maximum Gasteiger partial charge on any atom is 0.431 e. The fraction of sp³-hybridized carbons (Fsp3) is 0.286. The number of hydrogen-bond acceptors (Lipinski definition) is 3. The zero-order valence-electron chi connectivity index (χ0n) is 11.3. The minimum absolute atomic E-state index is 0.228. The van der Waals surface area contributed by atoms with Gasteiger partial charge in [-0.1, -0.05) is 12.1 Å². The van der Waals surface area contributed by atoms with Gasteiger partial charge in [0, 0.05) is 12.6 Å². The Bertz CT molecular complexity index is 680. The van der Waals surface area contributed by atoms with Gasteiger partial charge in [-0.2, -0.15) is 13.2 Å². The average molecular weight is 297 g/mol. The molecule has 0 unspecified atom stereocenters. The molecule has 0 bridgehead atoms. The van der Waals surface area contributed by atoms with Crippen LogP contribution in [0.1, 0.15) is 18.3 Å². The summed E-state index contributed by atoms with van der Waals surface area (Å²) >= 11 is 0. The van der Waals surface area contributed by atoms with E-state index in [0.717, 1.165) is 18.2 Å². The number of halogens is 3. The lowest BCUT2D eigenvalue weighted by Gasteiger charge is -2.15. The van der Waals surface area contributed by atoms with Gasteiger partial charge < -0.3 is 5.32 Å². The summed E-state index contributed by atoms with van der Waals surface area (Å²) in [4.78, 5) is 15.9. The summed E-state index contributed by atoms with van der Waals surface area (Å²) < 4.78 is 39.5. The van der Waals surface area contributed by atoms with E-state index < -0.39 is 17.4 Å². The van der Waals surface area contributed by atoms with Gasteiger partial charge in [-0.25, -0.2) is 4.98 Å². The summed E-state index contributed by atoms with van der Waals surface area (Å²) in [6, 6.07) is 8.07. The van der Waals surface area contributed by atoms with Crippen molar-refractivity contribution in [1.29, 1.82) is 0 Å². The van der Waals surface area contributed by atoms with Gasteiger partial charge in [0.1, 0.15) is 11.5 Å². The van der Waals surface area contributed by atoms with E-state index in [-0.39, 0.29) is 6.54 Å². The van der Waals surface area contributed by atoms with Gasteiger partial charge in [-0.05, 0) is 25.1 Å². The number of nitrogens with one attached hydrogen (secondary N) is 1. The molecule has 0 fully saturated rings. The first-order valence-electron chi connectivity index (χ1n) is 6.38. The molecule has 1 N–H and O–H groups in total. The van der Waals surface area contributed by atoms with E-state index in [1.165, 1.54) is 0 Å². The van der Waals surface area contributed by atoms with Crippen LogP contribution in [-0.2, 0) is 12.7 Å². The van der Waals surface area contributed by atoms with Crippen LogP contribution >= 0.6 is 0 Å². The molecular formula is C14H14F3N3O. The van der Waals surface area contributed by atoms with Crippen molar-refractivity contribution in [1.82, 2.24) is 9.55 Å². The molecule has 2 heterocycles. The Balaban J connectivity index is 2.40. The summed E-state index contributed by atoms with van der Waals surface area (Å²) in [5, 5.41) is 2.97. The van der Waals surface area contributed by atoms with Crippen LogP contribution in [0.15, 0.2) is 41.2 Å². The van der Waals surface area contributed by atoms with Crippen molar-refractivity contribution in [3.63, 3.8) is 0 Å². The van der Waals surface area contributed by atoms with Crippen molar-refractivity contribution in [2.24, 2.45) is 0 Å². The highest BCUT2D eigenvalue weighted by Gasteiger charge is 2.34. The van der Waals surface area contributed by atoms with Crippen LogP contribution in [0.2, 0.25) is 0 Å². The van der Waals surface area contributed by atoms with Crippen molar-refractivity contribution >= 4 is 5.82 Å². The minimum Gasteiger partial charge on any atom is -0.370 e. The van der Waals surface area contributed by atoms with Gasteiger partial charge in [0.05, 0.1) is 12.2 Å². The number of hydrogen-bond donors (Lipinski definition) is 1. The van der Waals surface area contributed by atoms with Crippen molar-refractivity contribution in [2.45, 2.75) is 19.6 Å². The topological polar surface area (TPSA) is 46.9 Å². The Morgan fingerprint density at radius 2 is 1.90 bits per heavy atom. The number of aromatic nitrogens is 2. The monoisotopic (exact) mass is 297 g/mol. The Hall–Kier alpha value is -2.31. The van der Waals surface area contributed by atoms with Gasteiger partial charge in [0.25, 0.3) is 5.56 Å². The van der Waals surface area contributed by atoms with E-state index in [2.05, 4.69) is 10.3 Å². The summed E-state index contributed by atoms with van der Waals surface area (Å²) in [7, 11) is 0. The molecule has 112 valence electrons. The number of rotatable bonds is 4. The fourth-order valence-electron chi connectivity index (χ4n) is 1.94. The first kappa shape index (κ1) is 15.1. The highest BCUT2D eigenvalue weighted by Crippen LogP contribution is 2.28. The van der Waals surface area contributed by atoms with Gasteiger partial charge in [-0.3, -0.25) is 9.36 Å². The minimum atomic E-state index is -4.58. The van der Waals surface area contributed by atoms with E-state index in [4.69, 9.17) is 0 Å². The summed E-state index contributed by atoms with van der Waals surface area (Å²) in [6.45, 7) is 2.31. The second kappa shape index (κ2) is 5.99. The lowest BCUT2D eigenvalue weighted by molar-refractivity contribution is -0.144. The van der Waals surface area contributed by atoms with Crippen molar-refractivity contribution in [3.05, 3.63) is 58.1 Å². The van der Waals surface area contributed by atoms with E-state index in [1.54, 1.807) is 18.2 Å². The van der Waals surface area contributed by atoms with Gasteiger partial charge in [0.15, 0.2) is 0 Å². The Morgan fingerprint density at radius 3 is 2.57 bits per heavy atom. The third-order valence-electron chi connectivity index (χ3n) is 2.82. The van der Waals surface area contributed by atoms with Gasteiger partial charge in [0.2, 0.25) is 0 Å². The average Bonchev–Trinajstić information content (AvgIpc) is 2.41. The molecular weight excluding hydrogens is 283 g/mol. The zero-order chi connectivity index (χ0) is 15.5. The maximum atomic E-state index is 12.9. The second-order valence-electron chi connectivity index (χ2n) is 4.38. The molecule has 0 radical (unpaired) electrons. The van der Waals surface area contributed by atoms with Crippen LogP contribution in [0.5, 0.6) is 0 Å². The molecule has 0 atom stereocenters. The van der Waals surface area contributed by atoms with Crippen LogP contribution in [0, 0.1) is 0 Å². The number of pyridine rings is 2. The lowest BCUT2D eigenvalue weighted by Crippen LogP contribution is -2.27. The van der Waals surface area contributed by atoms with Crippen LogP contribution in [0.3, 0.4) is 0 Å². The molecule has 0 amide bonds. The highest BCUT2D eigenvalue weighted by atomic mass is 19.4. The number of anilines is 1. The molecule has 2 rings (SSSR count). The van der Waals surface area contributed by atoms with E-state index >= 15 is 0 Å². The summed E-state index contributed by atoms with van der Waals surface area (Å²) in [6.07, 6.45) is -4.58. The van der Waals surface area contributed by atoms with Gasteiger partial charge in [-0.15, -0.1) is 0 Å². The van der Waals surface area contributed by atoms with E-state index in [1.807, 2.05) is 6.92 Å². The van der Waals surface area contributed by atoms with Crippen LogP contribution in [0.25, 0.3) is 0 Å². The standard InChI is InChI=1S/C14H14F3N3O/c1-2-18-12-7-3-5-10(19-12)9-20-11(14(15,16)17)6-4-8-13(20)21/h3-8H,2,9H2,1H3,(H,18,19). The molecule has 0 aliphatic heterocycles. The maximum absolute atomic E-state index is 12.9. The Labute approximate surface area is 119 Å². The molecule has 2 aromatic rings. The predicted octanol–water partition coefficient (Wildman–Crippen LogP) is 2.74. The SMILES string of the molecule is CCNc1cccc(Cn2c(C(F)(F)F)cccc2=O)n1. The summed E-state index contributed by atoms with van der Waals surface area (Å²) in [5.74, 6) is 0.563. The van der Waals surface area contributed by atoms with Crippen LogP contribution in [0.4, 0.5) is 19.0 Å². The molecule has 0 saturated heterocycles. The highest BCUT2D eigenvalue weighted by molar-refractivity contribution is 5.35. The lowest BCUT2D eigenvalue weighted by atomic mass is 10.3. The van der Waals surface area contributed by atoms with Crippen LogP contribution < -0.4 is 10.9 Å². The van der Waals surface area contributed by atoms with Crippen molar-refractivity contribution in [3.8, 4) is 0 Å². The normalized spacial score (nSPS) is 11.4. The van der Waals surface area contributed by atoms with Crippen molar-refractivity contribution < 1.29 is 13.2 Å². The van der Waals surface area contributed by atoms with E-state index in [9.17, 15) is 18.0 Å². The van der Waals surface area contributed by atoms with Crippen molar-refractivity contribution in [2.75, 3.05) is 11.9 Å². The fourth-order valence-corrected chi connectivity index (χ4v) is 1.94. The quantitative estimate of drug-likeness (QED) is 0.944. The molecule has 7 heteroatoms. The molecule has 0 aliphatic carbocycles. The molecule has 4 nitrogen and oxygen atoms in total. The third kappa shape index (κ3) is 3.62. The summed E-state index contributed by atoms with van der Waals surface area (Å²) in [5.41, 5.74) is -1.31. The third-order valence-corrected chi connectivity index (χ3v) is 2.82. The second-order valence-corrected chi connectivity index (χ2v) is 4.38. The first-order valence-corrected chi connectivity index (χ1v) is 6.38.